The second kappa shape index (κ2) is 5.53. The number of aliphatic carboxylic acids is 1. The van der Waals surface area contributed by atoms with Crippen molar-refractivity contribution in [3.63, 3.8) is 0 Å². The summed E-state index contributed by atoms with van der Waals surface area (Å²) in [6.07, 6.45) is 3.16. The van der Waals surface area contributed by atoms with E-state index >= 15 is 0 Å². The van der Waals surface area contributed by atoms with Gasteiger partial charge in [-0.1, -0.05) is 6.07 Å². The van der Waals surface area contributed by atoms with Gasteiger partial charge in [0.15, 0.2) is 0 Å². The number of rotatable bonds is 3. The minimum absolute atomic E-state index is 0.120. The highest BCUT2D eigenvalue weighted by Crippen LogP contribution is 2.18. The molecule has 2 aromatic heterocycles. The van der Waals surface area contributed by atoms with Gasteiger partial charge in [0.1, 0.15) is 0 Å². The lowest BCUT2D eigenvalue weighted by Crippen LogP contribution is -2.49. The molecule has 1 N–H and O–H groups in total. The lowest BCUT2D eigenvalue weighted by Gasteiger charge is -2.34. The summed E-state index contributed by atoms with van der Waals surface area (Å²) in [5, 5.41) is 13.1. The van der Waals surface area contributed by atoms with Crippen LogP contribution in [0.5, 0.6) is 0 Å². The Hall–Kier alpha value is -2.41. The summed E-state index contributed by atoms with van der Waals surface area (Å²) in [5.41, 5.74) is 1.19. The molecule has 1 saturated heterocycles. The second-order valence-electron chi connectivity index (χ2n) is 4.91. The van der Waals surface area contributed by atoms with E-state index in [0.29, 0.717) is 24.2 Å². The summed E-state index contributed by atoms with van der Waals surface area (Å²) < 4.78 is 6.92. The first-order chi connectivity index (χ1) is 10.2. The molecule has 21 heavy (non-hydrogen) atoms. The van der Waals surface area contributed by atoms with Gasteiger partial charge in [-0.15, -0.1) is 0 Å². The average molecular weight is 289 g/mol. The molecule has 1 aliphatic heterocycles. The molecule has 7 heteroatoms. The molecule has 3 rings (SSSR count). The zero-order valence-corrected chi connectivity index (χ0v) is 11.3. The summed E-state index contributed by atoms with van der Waals surface area (Å²) in [4.78, 5) is 25.2. The van der Waals surface area contributed by atoms with Crippen LogP contribution in [0.25, 0.3) is 5.52 Å². The molecule has 3 heterocycles. The zero-order valence-electron chi connectivity index (χ0n) is 11.3. The number of aromatic nitrogens is 2. The number of fused-ring (bicyclic) bond motifs is 1. The maximum atomic E-state index is 12.7. The maximum absolute atomic E-state index is 12.7. The van der Waals surface area contributed by atoms with Gasteiger partial charge < -0.3 is 14.7 Å². The number of carbonyl (C=O) groups excluding carboxylic acids is 1. The number of carboxylic acid groups (broad SMARTS) is 1. The first-order valence-electron chi connectivity index (χ1n) is 6.69. The van der Waals surface area contributed by atoms with E-state index in [-0.39, 0.29) is 18.9 Å². The van der Waals surface area contributed by atoms with Crippen LogP contribution in [0, 0.1) is 0 Å². The van der Waals surface area contributed by atoms with Gasteiger partial charge in [0.05, 0.1) is 43.0 Å². The summed E-state index contributed by atoms with van der Waals surface area (Å²) in [7, 11) is 0. The smallest absolute Gasteiger partial charge is 0.305 e. The number of carboxylic acids is 1. The minimum Gasteiger partial charge on any atom is -0.481 e. The lowest BCUT2D eigenvalue weighted by atomic mass is 10.1. The fourth-order valence-electron chi connectivity index (χ4n) is 2.55. The topological polar surface area (TPSA) is 84.1 Å². The normalized spacial score (nSPS) is 18.9. The predicted octanol–water partition coefficient (Wildman–Crippen LogP) is 0.650. The highest BCUT2D eigenvalue weighted by atomic mass is 16.5. The van der Waals surface area contributed by atoms with Gasteiger partial charge in [-0.2, -0.15) is 5.10 Å². The number of pyridine rings is 1. The van der Waals surface area contributed by atoms with Gasteiger partial charge in [-0.25, -0.2) is 4.52 Å². The average Bonchev–Trinajstić information content (AvgIpc) is 2.90. The minimum atomic E-state index is -0.942. The van der Waals surface area contributed by atoms with Gasteiger partial charge in [-0.3, -0.25) is 9.59 Å². The molecule has 110 valence electrons. The van der Waals surface area contributed by atoms with Crippen molar-refractivity contribution in [2.45, 2.75) is 12.5 Å². The van der Waals surface area contributed by atoms with E-state index in [1.807, 2.05) is 18.2 Å². The van der Waals surface area contributed by atoms with Crippen molar-refractivity contribution in [3.8, 4) is 0 Å². The molecule has 0 bridgehead atoms. The molecular weight excluding hydrogens is 274 g/mol. The molecule has 7 nitrogen and oxygen atoms in total. The quantitative estimate of drug-likeness (QED) is 0.897. The highest BCUT2D eigenvalue weighted by molar-refractivity contribution is 6.01. The Labute approximate surface area is 120 Å². The molecule has 1 aliphatic rings. The van der Waals surface area contributed by atoms with Crippen LogP contribution in [-0.4, -0.2) is 57.3 Å². The monoisotopic (exact) mass is 289 g/mol. The fourth-order valence-corrected chi connectivity index (χ4v) is 2.55. The Morgan fingerprint density at radius 3 is 3.10 bits per heavy atom. The van der Waals surface area contributed by atoms with Crippen LogP contribution in [0.15, 0.2) is 30.6 Å². The zero-order chi connectivity index (χ0) is 14.8. The molecule has 0 saturated carbocycles. The van der Waals surface area contributed by atoms with Crippen LogP contribution in [0.2, 0.25) is 0 Å². The molecule has 0 radical (unpaired) electrons. The summed E-state index contributed by atoms with van der Waals surface area (Å²) in [5.74, 6) is -1.14. The van der Waals surface area contributed by atoms with Crippen molar-refractivity contribution in [3.05, 3.63) is 36.2 Å². The Balaban J connectivity index is 1.90. The van der Waals surface area contributed by atoms with Crippen molar-refractivity contribution < 1.29 is 19.4 Å². The number of amides is 1. The number of hydrogen-bond donors (Lipinski definition) is 1. The Morgan fingerprint density at radius 1 is 1.43 bits per heavy atom. The van der Waals surface area contributed by atoms with Crippen molar-refractivity contribution >= 4 is 17.4 Å². The largest absolute Gasteiger partial charge is 0.481 e. The van der Waals surface area contributed by atoms with Crippen molar-refractivity contribution in [1.82, 2.24) is 14.5 Å². The van der Waals surface area contributed by atoms with E-state index in [9.17, 15) is 9.59 Å². The third-order valence-corrected chi connectivity index (χ3v) is 3.56. The lowest BCUT2D eigenvalue weighted by molar-refractivity contribution is -0.139. The van der Waals surface area contributed by atoms with Crippen LogP contribution in [0.3, 0.4) is 0 Å². The molecule has 1 fully saturated rings. The van der Waals surface area contributed by atoms with E-state index in [4.69, 9.17) is 9.84 Å². The summed E-state index contributed by atoms with van der Waals surface area (Å²) in [6, 6.07) is 5.03. The molecule has 2 aromatic rings. The number of hydrogen-bond acceptors (Lipinski definition) is 4. The SMILES string of the molecule is O=C(O)C[C@H]1COCCN1C(=O)c1cnn2ccccc12. The number of carbonyl (C=O) groups is 2. The van der Waals surface area contributed by atoms with Crippen molar-refractivity contribution in [2.75, 3.05) is 19.8 Å². The number of morpholine rings is 1. The Kier molecular flexibility index (Phi) is 3.57. The maximum Gasteiger partial charge on any atom is 0.305 e. The van der Waals surface area contributed by atoms with E-state index in [2.05, 4.69) is 5.10 Å². The third-order valence-electron chi connectivity index (χ3n) is 3.56. The summed E-state index contributed by atoms with van der Waals surface area (Å²) in [6.45, 7) is 1.05. The van der Waals surface area contributed by atoms with E-state index in [1.54, 1.807) is 15.6 Å². The van der Waals surface area contributed by atoms with Gasteiger partial charge >= 0.3 is 5.97 Å². The van der Waals surface area contributed by atoms with Gasteiger partial charge in [-0.05, 0) is 12.1 Å². The first-order valence-corrected chi connectivity index (χ1v) is 6.69. The van der Waals surface area contributed by atoms with Gasteiger partial charge in [0.25, 0.3) is 5.91 Å². The molecule has 1 atom stereocenters. The van der Waals surface area contributed by atoms with Crippen molar-refractivity contribution in [2.24, 2.45) is 0 Å². The molecule has 0 aromatic carbocycles. The standard InChI is InChI=1S/C14H15N3O4/c18-13(19)7-10-9-21-6-5-16(10)14(20)11-8-15-17-4-2-1-3-12(11)17/h1-4,8,10H,5-7,9H2,(H,18,19)/t10-/m0/s1. The Morgan fingerprint density at radius 2 is 2.29 bits per heavy atom. The number of nitrogens with zero attached hydrogens (tertiary/aromatic N) is 3. The fraction of sp³-hybridized carbons (Fsp3) is 0.357. The molecule has 0 aliphatic carbocycles. The molecule has 0 unspecified atom stereocenters. The van der Waals surface area contributed by atoms with Gasteiger partial charge in [0, 0.05) is 12.7 Å². The predicted molar refractivity (Wildman–Crippen MR) is 73.1 cm³/mol. The van der Waals surface area contributed by atoms with Crippen LogP contribution in [0.1, 0.15) is 16.8 Å². The second-order valence-corrected chi connectivity index (χ2v) is 4.91. The molecule has 1 amide bonds. The van der Waals surface area contributed by atoms with Crippen LogP contribution >= 0.6 is 0 Å². The number of ether oxygens (including phenoxy) is 1. The Bertz CT molecular complexity index is 682. The van der Waals surface area contributed by atoms with E-state index in [1.165, 1.54) is 6.20 Å². The first kappa shape index (κ1) is 13.6. The van der Waals surface area contributed by atoms with Crippen LogP contribution in [0.4, 0.5) is 0 Å². The van der Waals surface area contributed by atoms with Crippen LogP contribution < -0.4 is 0 Å². The molecular formula is C14H15N3O4. The molecule has 0 spiro atoms. The highest BCUT2D eigenvalue weighted by Gasteiger charge is 2.31. The van der Waals surface area contributed by atoms with E-state index in [0.717, 1.165) is 0 Å². The van der Waals surface area contributed by atoms with Gasteiger partial charge in [0.2, 0.25) is 0 Å². The third kappa shape index (κ3) is 2.59. The van der Waals surface area contributed by atoms with Crippen LogP contribution in [-0.2, 0) is 9.53 Å². The summed E-state index contributed by atoms with van der Waals surface area (Å²) >= 11 is 0. The van der Waals surface area contributed by atoms with E-state index < -0.39 is 12.0 Å². The van der Waals surface area contributed by atoms with Crippen molar-refractivity contribution in [1.29, 1.82) is 0 Å².